The summed E-state index contributed by atoms with van der Waals surface area (Å²) in [6, 6.07) is 9.94. The van der Waals surface area contributed by atoms with Gasteiger partial charge in [0.15, 0.2) is 11.5 Å². The summed E-state index contributed by atoms with van der Waals surface area (Å²) in [4.78, 5) is 21.4. The molecule has 5 rings (SSSR count). The minimum Gasteiger partial charge on any atom is -0.504 e. The number of nitro groups is 1. The molecule has 0 saturated heterocycles. The summed E-state index contributed by atoms with van der Waals surface area (Å²) in [6.07, 6.45) is 4.78. The maximum Gasteiger partial charge on any atom is 0.269 e. The molecule has 0 spiro atoms. The first-order chi connectivity index (χ1) is 17.4. The van der Waals surface area contributed by atoms with E-state index in [2.05, 4.69) is 17.2 Å². The van der Waals surface area contributed by atoms with E-state index in [9.17, 15) is 15.2 Å². The zero-order valence-corrected chi connectivity index (χ0v) is 20.8. The molecule has 0 aromatic heterocycles. The van der Waals surface area contributed by atoms with Crippen LogP contribution in [0.25, 0.3) is 0 Å². The van der Waals surface area contributed by atoms with Crippen molar-refractivity contribution in [1.29, 1.82) is 0 Å². The molecule has 3 aliphatic rings. The maximum atomic E-state index is 10.9. The summed E-state index contributed by atoms with van der Waals surface area (Å²) in [7, 11) is 3.17. The largest absolute Gasteiger partial charge is 0.504 e. The van der Waals surface area contributed by atoms with E-state index in [-0.39, 0.29) is 23.5 Å². The Hall–Kier alpha value is -3.62. The molecule has 0 radical (unpaired) electrons. The molecule has 2 fully saturated rings. The molecule has 2 aromatic carbocycles. The van der Waals surface area contributed by atoms with Gasteiger partial charge in [-0.2, -0.15) is 0 Å². The molecule has 2 aromatic rings. The number of rotatable bonds is 6. The third-order valence-corrected chi connectivity index (χ3v) is 8.42. The SMILES string of the molecule is CO/N=C1\CC[C@H]2[C@@H]3C/C(=N\OCc4ccc([N+](=O)[O-])cc4)c4cc(O)c(OC)cc4[C@H]3CC[C@]12C. The van der Waals surface area contributed by atoms with Crippen LogP contribution in [0.3, 0.4) is 0 Å². The van der Waals surface area contributed by atoms with Crippen LogP contribution >= 0.6 is 0 Å². The maximum absolute atomic E-state index is 10.9. The molecular weight excluding hydrogens is 462 g/mol. The number of nitro benzene ring substituents is 1. The molecule has 2 saturated carbocycles. The monoisotopic (exact) mass is 493 g/mol. The van der Waals surface area contributed by atoms with Crippen molar-refractivity contribution in [2.24, 2.45) is 27.6 Å². The average molecular weight is 494 g/mol. The summed E-state index contributed by atoms with van der Waals surface area (Å²) < 4.78 is 5.44. The Morgan fingerprint density at radius 3 is 2.64 bits per heavy atom. The Kier molecular flexibility index (Phi) is 6.32. The van der Waals surface area contributed by atoms with Crippen LogP contribution in [-0.4, -0.2) is 35.7 Å². The smallest absolute Gasteiger partial charge is 0.269 e. The predicted octanol–water partition coefficient (Wildman–Crippen LogP) is 5.55. The average Bonchev–Trinajstić information content (AvgIpc) is 3.20. The number of fused-ring (bicyclic) bond motifs is 5. The van der Waals surface area contributed by atoms with E-state index in [1.165, 1.54) is 12.1 Å². The van der Waals surface area contributed by atoms with Crippen molar-refractivity contribution in [3.63, 3.8) is 0 Å². The van der Waals surface area contributed by atoms with Gasteiger partial charge >= 0.3 is 0 Å². The van der Waals surface area contributed by atoms with Gasteiger partial charge in [-0.25, -0.2) is 0 Å². The summed E-state index contributed by atoms with van der Waals surface area (Å²) >= 11 is 0. The second kappa shape index (κ2) is 9.44. The Morgan fingerprint density at radius 1 is 1.17 bits per heavy atom. The van der Waals surface area contributed by atoms with Crippen molar-refractivity contribution >= 4 is 17.1 Å². The molecule has 9 nitrogen and oxygen atoms in total. The van der Waals surface area contributed by atoms with Crippen LogP contribution in [-0.2, 0) is 16.3 Å². The predicted molar refractivity (Wildman–Crippen MR) is 134 cm³/mol. The lowest BCUT2D eigenvalue weighted by molar-refractivity contribution is -0.384. The second-order valence-electron chi connectivity index (χ2n) is 10.1. The minimum atomic E-state index is -0.426. The molecular formula is C27H31N3O6. The molecule has 4 atom stereocenters. The third kappa shape index (κ3) is 4.06. The zero-order valence-electron chi connectivity index (χ0n) is 20.8. The summed E-state index contributed by atoms with van der Waals surface area (Å²) in [5, 5.41) is 30.4. The van der Waals surface area contributed by atoms with E-state index in [1.807, 2.05) is 6.07 Å². The van der Waals surface area contributed by atoms with Crippen molar-refractivity contribution in [2.45, 2.75) is 51.6 Å². The standard InChI is InChI=1S/C27H31N3O6/c1-27-11-10-18-19-14-25(34-2)24(31)13-21(19)23(12-20(18)22(27)8-9-26(27)29-35-3)28-36-15-16-4-6-17(7-5-16)30(32)33/h4-7,13-14,18,20,22,31H,8-12,15H2,1-3H3/b28-23+,29-26+/t18-,20-,22+,27+/m1/s1. The van der Waals surface area contributed by atoms with Gasteiger partial charge in [0, 0.05) is 23.1 Å². The molecule has 1 N–H and O–H groups in total. The first-order valence-electron chi connectivity index (χ1n) is 12.3. The Morgan fingerprint density at radius 2 is 1.94 bits per heavy atom. The first kappa shape index (κ1) is 24.1. The van der Waals surface area contributed by atoms with Gasteiger partial charge < -0.3 is 19.5 Å². The third-order valence-electron chi connectivity index (χ3n) is 8.42. The lowest BCUT2D eigenvalue weighted by Crippen LogP contribution is -2.43. The number of aromatic hydroxyl groups is 1. The van der Waals surface area contributed by atoms with Gasteiger partial charge in [0.05, 0.1) is 23.5 Å². The fourth-order valence-corrected chi connectivity index (χ4v) is 6.63. The van der Waals surface area contributed by atoms with E-state index >= 15 is 0 Å². The molecule has 0 heterocycles. The number of hydrogen-bond acceptors (Lipinski definition) is 8. The fraction of sp³-hybridized carbons (Fsp3) is 0.481. The summed E-state index contributed by atoms with van der Waals surface area (Å²) in [6.45, 7) is 2.51. The molecule has 0 aliphatic heterocycles. The minimum absolute atomic E-state index is 0.000405. The lowest BCUT2D eigenvalue weighted by Gasteiger charge is -2.49. The number of benzene rings is 2. The van der Waals surface area contributed by atoms with Crippen LogP contribution in [0, 0.1) is 27.4 Å². The Bertz CT molecular complexity index is 1220. The second-order valence-corrected chi connectivity index (χ2v) is 10.1. The zero-order chi connectivity index (χ0) is 25.4. The van der Waals surface area contributed by atoms with Crippen LogP contribution in [0.5, 0.6) is 11.5 Å². The van der Waals surface area contributed by atoms with Gasteiger partial charge in [-0.15, -0.1) is 0 Å². The van der Waals surface area contributed by atoms with Crippen LogP contribution in [0.1, 0.15) is 61.6 Å². The quantitative estimate of drug-likeness (QED) is 0.417. The number of phenols is 1. The van der Waals surface area contributed by atoms with Gasteiger partial charge in [0.25, 0.3) is 5.69 Å². The number of phenolic OH excluding ortho intramolecular Hbond substituents is 1. The van der Waals surface area contributed by atoms with Crippen LogP contribution < -0.4 is 4.74 Å². The van der Waals surface area contributed by atoms with Gasteiger partial charge in [-0.3, -0.25) is 10.1 Å². The highest BCUT2D eigenvalue weighted by molar-refractivity contribution is 6.04. The summed E-state index contributed by atoms with van der Waals surface area (Å²) in [5.41, 5.74) is 4.81. The fourth-order valence-electron chi connectivity index (χ4n) is 6.63. The molecule has 3 aliphatic carbocycles. The number of ether oxygens (including phenoxy) is 1. The number of nitrogens with zero attached hydrogens (tertiary/aromatic N) is 3. The normalized spacial score (nSPS) is 28.8. The molecule has 190 valence electrons. The van der Waals surface area contributed by atoms with Crippen molar-refractivity contribution < 1.29 is 24.4 Å². The molecule has 9 heteroatoms. The lowest BCUT2D eigenvalue weighted by atomic mass is 9.55. The highest BCUT2D eigenvalue weighted by Crippen LogP contribution is 2.60. The topological polar surface area (TPSA) is 116 Å². The van der Waals surface area contributed by atoms with Crippen LogP contribution in [0.2, 0.25) is 0 Å². The first-order valence-corrected chi connectivity index (χ1v) is 12.3. The van der Waals surface area contributed by atoms with Crippen molar-refractivity contribution in [3.05, 3.63) is 63.2 Å². The highest BCUT2D eigenvalue weighted by Gasteiger charge is 2.54. The Balaban J connectivity index is 1.46. The molecule has 0 amide bonds. The van der Waals surface area contributed by atoms with E-state index in [0.717, 1.165) is 60.2 Å². The van der Waals surface area contributed by atoms with E-state index in [4.69, 9.17) is 14.4 Å². The number of methoxy groups -OCH3 is 1. The van der Waals surface area contributed by atoms with Gasteiger partial charge in [0.2, 0.25) is 0 Å². The van der Waals surface area contributed by atoms with E-state index in [1.54, 1.807) is 32.4 Å². The van der Waals surface area contributed by atoms with Crippen LogP contribution in [0.15, 0.2) is 46.7 Å². The van der Waals surface area contributed by atoms with Gasteiger partial charge in [-0.05, 0) is 85.3 Å². The van der Waals surface area contributed by atoms with Crippen molar-refractivity contribution in [1.82, 2.24) is 0 Å². The van der Waals surface area contributed by atoms with Crippen LogP contribution in [0.4, 0.5) is 5.69 Å². The van der Waals surface area contributed by atoms with Gasteiger partial charge in [-0.1, -0.05) is 17.2 Å². The number of oxime groups is 2. The Labute approximate surface area is 209 Å². The highest BCUT2D eigenvalue weighted by atomic mass is 16.6. The van der Waals surface area contributed by atoms with E-state index in [0.29, 0.717) is 23.5 Å². The van der Waals surface area contributed by atoms with Gasteiger partial charge in [0.1, 0.15) is 13.7 Å². The molecule has 36 heavy (non-hydrogen) atoms. The summed E-state index contributed by atoms with van der Waals surface area (Å²) in [5.74, 6) is 1.67. The molecule has 0 bridgehead atoms. The van der Waals surface area contributed by atoms with E-state index < -0.39 is 4.92 Å². The number of non-ortho nitro benzene ring substituents is 1. The van der Waals surface area contributed by atoms with Crippen molar-refractivity contribution in [3.8, 4) is 11.5 Å². The van der Waals surface area contributed by atoms with Crippen molar-refractivity contribution in [2.75, 3.05) is 14.2 Å². The molecule has 0 unspecified atom stereocenters. The number of hydrogen-bond donors (Lipinski definition) is 1.